The van der Waals surface area contributed by atoms with Gasteiger partial charge in [-0.15, -0.1) is 0 Å². The van der Waals surface area contributed by atoms with Gasteiger partial charge in [0.15, 0.2) is 0 Å². The van der Waals surface area contributed by atoms with E-state index in [0.717, 1.165) is 47.1 Å². The maximum Gasteiger partial charge on any atom is 0.416 e. The number of halogens is 3. The van der Waals surface area contributed by atoms with Crippen molar-refractivity contribution in [2.45, 2.75) is 109 Å². The Labute approximate surface area is 374 Å². The molecule has 3 fully saturated rings. The second-order valence-corrected chi connectivity index (χ2v) is 18.0. The minimum Gasteiger partial charge on any atom is -0.453 e. The van der Waals surface area contributed by atoms with E-state index in [1.165, 1.54) is 26.4 Å². The molecule has 0 saturated carbocycles. The Balaban J connectivity index is 1.09. The number of benzene rings is 3. The molecule has 5 aromatic rings. The van der Waals surface area contributed by atoms with Crippen molar-refractivity contribution in [2.24, 2.45) is 11.8 Å². The summed E-state index contributed by atoms with van der Waals surface area (Å²) in [5.74, 6) is 0.519. The lowest BCUT2D eigenvalue weighted by Crippen LogP contribution is -2.51. The van der Waals surface area contributed by atoms with Gasteiger partial charge in [0, 0.05) is 18.8 Å². The highest BCUT2D eigenvalue weighted by atomic mass is 19.4. The summed E-state index contributed by atoms with van der Waals surface area (Å²) < 4.78 is 51.0. The lowest BCUT2D eigenvalue weighted by Gasteiger charge is -2.33. The quantitative estimate of drug-likeness (QED) is 0.101. The monoisotopic (exact) mass is 899 g/mol. The summed E-state index contributed by atoms with van der Waals surface area (Å²) in [6, 6.07) is 14.6. The molecule has 3 aliphatic rings. The van der Waals surface area contributed by atoms with Crippen molar-refractivity contribution in [2.75, 3.05) is 32.2 Å². The number of likely N-dealkylation sites (tertiary alicyclic amines) is 2. The first-order valence-electron chi connectivity index (χ1n) is 22.3. The highest BCUT2D eigenvalue weighted by Gasteiger charge is 2.41. The van der Waals surface area contributed by atoms with Crippen LogP contribution in [-0.4, -0.2) is 93.1 Å². The number of carbonyl (C=O) groups is 4. The van der Waals surface area contributed by atoms with E-state index in [1.807, 2.05) is 64.1 Å². The van der Waals surface area contributed by atoms with Crippen LogP contribution in [0.5, 0.6) is 0 Å². The van der Waals surface area contributed by atoms with Gasteiger partial charge in [0.25, 0.3) is 0 Å². The minimum atomic E-state index is -4.49. The Hall–Kier alpha value is -6.33. The Kier molecular flexibility index (Phi) is 12.7. The molecule has 0 radical (unpaired) electrons. The summed E-state index contributed by atoms with van der Waals surface area (Å²) in [4.78, 5) is 74.4. The molecule has 0 spiro atoms. The van der Waals surface area contributed by atoms with Crippen molar-refractivity contribution in [1.82, 2.24) is 40.4 Å². The van der Waals surface area contributed by atoms with Crippen LogP contribution in [0, 0.1) is 11.8 Å². The Morgan fingerprint density at radius 3 is 1.46 bits per heavy atom. The number of methoxy groups -OCH3 is 2. The standard InChI is InChI=1S/C47H56F3N9O6/c1-25(2)39(55-45(62)64-5)43(60)57-21-7-9-37(57)41-51-31-17-11-27(23-33(31)53-41)35-19-20-36(59(35)30-15-13-29(14-16-30)47(48,49)50)28-12-18-32-34(24-28)54-42(52-32)38-10-8-22-58(38)44(61)40(26(3)4)56-46(63)65-6/h11-18,23-26,35-40H,7-10,19-22H2,1-6H3,(H,51,53)(H,52,54)(H,55,62)(H,56,63)/t35-,36-,37+,38+,39+,40+/m1/s1. The van der Waals surface area contributed by atoms with Gasteiger partial charge in [0.1, 0.15) is 23.7 Å². The predicted molar refractivity (Wildman–Crippen MR) is 237 cm³/mol. The van der Waals surface area contributed by atoms with Crippen LogP contribution in [0.15, 0.2) is 60.7 Å². The third-order valence-electron chi connectivity index (χ3n) is 13.2. The van der Waals surface area contributed by atoms with Gasteiger partial charge in [-0.25, -0.2) is 19.6 Å². The number of alkyl carbamates (subject to hydrolysis) is 2. The van der Waals surface area contributed by atoms with Gasteiger partial charge in [-0.2, -0.15) is 13.2 Å². The van der Waals surface area contributed by atoms with Gasteiger partial charge >= 0.3 is 18.4 Å². The zero-order chi connectivity index (χ0) is 46.3. The van der Waals surface area contributed by atoms with Crippen LogP contribution in [0.25, 0.3) is 22.1 Å². The van der Waals surface area contributed by atoms with Crippen molar-refractivity contribution >= 4 is 51.8 Å². The number of rotatable bonds is 11. The molecule has 0 bridgehead atoms. The molecule has 4 N–H and O–H groups in total. The molecule has 8 rings (SSSR count). The van der Waals surface area contributed by atoms with E-state index < -0.39 is 36.0 Å². The molecule has 18 heteroatoms. The topological polar surface area (TPSA) is 178 Å². The molecule has 0 aliphatic carbocycles. The van der Waals surface area contributed by atoms with Crippen LogP contribution in [-0.2, 0) is 25.2 Å². The van der Waals surface area contributed by atoms with E-state index in [9.17, 15) is 32.3 Å². The van der Waals surface area contributed by atoms with E-state index in [-0.39, 0.29) is 47.8 Å². The van der Waals surface area contributed by atoms with Crippen molar-refractivity contribution < 1.29 is 41.8 Å². The number of carbonyl (C=O) groups excluding carboxylic acids is 4. The van der Waals surface area contributed by atoms with E-state index in [4.69, 9.17) is 19.4 Å². The van der Waals surface area contributed by atoms with Crippen molar-refractivity contribution in [3.63, 3.8) is 0 Å². The SMILES string of the molecule is COC(=O)N[C@H](C(=O)N1CCC[C@H]1c1nc2ccc([C@H]3CC[C@H](c4ccc5nc([C@@H]6CCCN6C(=O)[C@@H](NC(=O)OC)C(C)C)[nH]c5c4)N3c3ccc(C(F)(F)F)cc3)cc2[nH]1)C(C)C. The fraction of sp³-hybridized carbons (Fsp3) is 0.489. The van der Waals surface area contributed by atoms with Crippen molar-refractivity contribution in [3.8, 4) is 0 Å². The van der Waals surface area contributed by atoms with E-state index in [0.29, 0.717) is 67.1 Å². The zero-order valence-corrected chi connectivity index (χ0v) is 37.4. The van der Waals surface area contributed by atoms with Crippen LogP contribution in [0.4, 0.5) is 28.4 Å². The van der Waals surface area contributed by atoms with Crippen LogP contribution in [0.2, 0.25) is 0 Å². The van der Waals surface area contributed by atoms with E-state index in [1.54, 1.807) is 9.80 Å². The molecule has 2 aromatic heterocycles. The summed E-state index contributed by atoms with van der Waals surface area (Å²) in [5.41, 5.74) is 4.79. The average Bonchev–Trinajstić information content (AvgIpc) is 4.14. The first kappa shape index (κ1) is 45.2. The number of nitrogens with one attached hydrogen (secondary N) is 4. The Morgan fingerprint density at radius 1 is 0.646 bits per heavy atom. The number of hydrogen-bond acceptors (Lipinski definition) is 9. The molecular weight excluding hydrogens is 844 g/mol. The lowest BCUT2D eigenvalue weighted by atomic mass is 10.0. The molecule has 15 nitrogen and oxygen atoms in total. The number of amides is 4. The molecule has 3 saturated heterocycles. The molecule has 3 aromatic carbocycles. The van der Waals surface area contributed by atoms with Crippen LogP contribution in [0.1, 0.15) is 119 Å². The number of hydrogen-bond donors (Lipinski definition) is 4. The first-order chi connectivity index (χ1) is 31.1. The van der Waals surface area contributed by atoms with Gasteiger partial charge in [-0.3, -0.25) is 9.59 Å². The predicted octanol–water partition coefficient (Wildman–Crippen LogP) is 8.63. The average molecular weight is 900 g/mol. The third kappa shape index (κ3) is 9.03. The number of nitrogens with zero attached hydrogens (tertiary/aromatic N) is 5. The molecule has 65 heavy (non-hydrogen) atoms. The summed E-state index contributed by atoms with van der Waals surface area (Å²) in [6.45, 7) is 8.50. The molecule has 5 heterocycles. The molecular formula is C47H56F3N9O6. The van der Waals surface area contributed by atoms with Crippen molar-refractivity contribution in [3.05, 3.63) is 89.0 Å². The number of anilines is 1. The number of aromatic amines is 2. The number of fused-ring (bicyclic) bond motifs is 2. The summed E-state index contributed by atoms with van der Waals surface area (Å²) >= 11 is 0. The third-order valence-corrected chi connectivity index (χ3v) is 13.2. The molecule has 6 atom stereocenters. The van der Waals surface area contributed by atoms with Gasteiger partial charge in [0.2, 0.25) is 11.8 Å². The Morgan fingerprint density at radius 2 is 1.08 bits per heavy atom. The number of imidazole rings is 2. The number of aromatic nitrogens is 4. The molecule has 3 aliphatic heterocycles. The summed E-state index contributed by atoms with van der Waals surface area (Å²) in [5, 5.41) is 5.37. The highest BCUT2D eigenvalue weighted by molar-refractivity contribution is 5.87. The van der Waals surface area contributed by atoms with E-state index in [2.05, 4.69) is 25.5 Å². The largest absolute Gasteiger partial charge is 0.453 e. The van der Waals surface area contributed by atoms with Crippen molar-refractivity contribution in [1.29, 1.82) is 0 Å². The number of H-pyrrole nitrogens is 2. The highest BCUT2D eigenvalue weighted by Crippen LogP contribution is 2.48. The lowest BCUT2D eigenvalue weighted by molar-refractivity contribution is -0.138. The maximum atomic E-state index is 13.8. The van der Waals surface area contributed by atoms with Crippen LogP contribution in [0.3, 0.4) is 0 Å². The van der Waals surface area contributed by atoms with Crippen LogP contribution < -0.4 is 15.5 Å². The molecule has 346 valence electrons. The van der Waals surface area contributed by atoms with Gasteiger partial charge in [-0.1, -0.05) is 39.8 Å². The smallest absolute Gasteiger partial charge is 0.416 e. The van der Waals surface area contributed by atoms with Gasteiger partial charge < -0.3 is 44.8 Å². The van der Waals surface area contributed by atoms with Crippen LogP contribution >= 0.6 is 0 Å². The molecule has 0 unspecified atom stereocenters. The fourth-order valence-electron chi connectivity index (χ4n) is 9.86. The zero-order valence-electron chi connectivity index (χ0n) is 37.4. The van der Waals surface area contributed by atoms with Gasteiger partial charge in [0.05, 0.1) is 66.0 Å². The second kappa shape index (κ2) is 18.3. The van der Waals surface area contributed by atoms with Gasteiger partial charge in [-0.05, 0) is 110 Å². The summed E-state index contributed by atoms with van der Waals surface area (Å²) in [6.07, 6.45) is -1.50. The number of ether oxygens (including phenoxy) is 2. The van der Waals surface area contributed by atoms with E-state index >= 15 is 0 Å². The number of alkyl halides is 3. The summed E-state index contributed by atoms with van der Waals surface area (Å²) in [7, 11) is 2.52. The Bertz CT molecular complexity index is 2410. The molecule has 4 amide bonds. The maximum absolute atomic E-state index is 13.8. The normalized spacial score (nSPS) is 21.1. The minimum absolute atomic E-state index is 0.176. The fourth-order valence-corrected chi connectivity index (χ4v) is 9.86. The second-order valence-electron chi connectivity index (χ2n) is 18.0. The first-order valence-corrected chi connectivity index (χ1v) is 22.3.